The van der Waals surface area contributed by atoms with Crippen molar-refractivity contribution in [3.8, 4) is 102 Å². The lowest BCUT2D eigenvalue weighted by Gasteiger charge is -2.35. The Morgan fingerprint density at radius 3 is 1.00 bits per heavy atom. The zero-order valence-corrected chi connectivity index (χ0v) is 59.2. The Hall–Kier alpha value is -12.8. The van der Waals surface area contributed by atoms with Crippen molar-refractivity contribution in [1.82, 2.24) is 0 Å². The van der Waals surface area contributed by atoms with Gasteiger partial charge in [-0.3, -0.25) is 0 Å². The number of benzene rings is 12. The summed E-state index contributed by atoms with van der Waals surface area (Å²) in [5.41, 5.74) is 11.3. The third kappa shape index (κ3) is 11.7. The highest BCUT2D eigenvalue weighted by Crippen LogP contribution is 2.61. The molecule has 0 heterocycles. The monoisotopic (exact) mass is 1370 g/mol. The van der Waals surface area contributed by atoms with Crippen LogP contribution in [0.3, 0.4) is 0 Å². The number of hydrogen-bond donors (Lipinski definition) is 12. The van der Waals surface area contributed by atoms with Crippen LogP contribution in [0.4, 0.5) is 62.6 Å². The number of phenolic OH excluding ortho intramolecular Hbond substituents is 12. The van der Waals surface area contributed by atoms with E-state index in [4.69, 9.17) is 0 Å². The Morgan fingerprint density at radius 2 is 0.587 bits per heavy atom. The van der Waals surface area contributed by atoms with Gasteiger partial charge in [-0.1, -0.05) is 132 Å². The van der Waals surface area contributed by atoms with Crippen LogP contribution >= 0.6 is 0 Å². The van der Waals surface area contributed by atoms with Gasteiger partial charge < -0.3 is 80.9 Å². The molecule has 1 aliphatic carbocycles. The molecule has 104 heavy (non-hydrogen) atoms. The van der Waals surface area contributed by atoms with E-state index in [1.54, 1.807) is 42.3 Å². The van der Waals surface area contributed by atoms with Crippen LogP contribution in [0.2, 0.25) is 0 Å². The number of phenols is 12. The van der Waals surface area contributed by atoms with Crippen LogP contribution in [0.15, 0.2) is 212 Å². The average molecular weight is 1370 g/mol. The molecule has 0 radical (unpaired) electrons. The summed E-state index contributed by atoms with van der Waals surface area (Å²) in [6.45, 7) is 8.03. The van der Waals surface area contributed by atoms with Crippen molar-refractivity contribution >= 4 is 135 Å². The molecule has 12 N–H and O–H groups in total. The molecule has 0 unspecified atom stereocenters. The van der Waals surface area contributed by atoms with Crippen LogP contribution in [-0.4, -0.2) is 101 Å². The van der Waals surface area contributed by atoms with Crippen LogP contribution in [0.1, 0.15) is 46.2 Å². The zero-order valence-electron chi connectivity index (χ0n) is 59.2. The summed E-state index contributed by atoms with van der Waals surface area (Å²) in [6.07, 6.45) is 4.46. The molecular formula is C83H75B5N4O12. The molecule has 0 amide bonds. The molecule has 0 saturated heterocycles. The highest BCUT2D eigenvalue weighted by molar-refractivity contribution is 6.57. The van der Waals surface area contributed by atoms with Gasteiger partial charge in [-0.05, 0) is 188 Å². The molecule has 0 fully saturated rings. The topological polar surface area (TPSA) is 256 Å². The molecule has 0 aromatic heterocycles. The largest absolute Gasteiger partial charge is 0.508 e. The summed E-state index contributed by atoms with van der Waals surface area (Å²) in [6, 6.07) is 64.0. The van der Waals surface area contributed by atoms with Crippen LogP contribution in [0.25, 0.3) is 39.0 Å². The summed E-state index contributed by atoms with van der Waals surface area (Å²) in [4.78, 5) is 7.49. The van der Waals surface area contributed by atoms with E-state index in [1.165, 1.54) is 34.4 Å². The molecule has 0 bridgehead atoms. The smallest absolute Gasteiger partial charge is 0.182 e. The fourth-order valence-corrected chi connectivity index (χ4v) is 14.6. The predicted molar refractivity (Wildman–Crippen MR) is 432 cm³/mol. The van der Waals surface area contributed by atoms with E-state index >= 15 is 0 Å². The first-order valence-electron chi connectivity index (χ1n) is 34.1. The second-order valence-corrected chi connectivity index (χ2v) is 26.5. The second kappa shape index (κ2) is 27.6. The average Bonchev–Trinajstić information content (AvgIpc) is 0.724. The second-order valence-electron chi connectivity index (χ2n) is 26.5. The minimum Gasteiger partial charge on any atom is -0.508 e. The van der Waals surface area contributed by atoms with Gasteiger partial charge in [-0.15, -0.1) is 0 Å². The maximum Gasteiger partial charge on any atom is 0.182 e. The van der Waals surface area contributed by atoms with Gasteiger partial charge in [0, 0.05) is 62.2 Å². The van der Waals surface area contributed by atoms with E-state index < -0.39 is 74.2 Å². The van der Waals surface area contributed by atoms with E-state index in [0.29, 0.717) is 45.3 Å². The number of nitrogens with zero attached hydrogens (tertiary/aromatic N) is 4. The molecule has 0 aliphatic heterocycles. The highest BCUT2D eigenvalue weighted by Gasteiger charge is 2.38. The van der Waals surface area contributed by atoms with Crippen molar-refractivity contribution in [2.45, 2.75) is 47.5 Å². The molecule has 21 heteroatoms. The molecule has 13 rings (SSSR count). The van der Waals surface area contributed by atoms with E-state index in [9.17, 15) is 61.3 Å². The molecular weight excluding hydrogens is 1300 g/mol. The maximum absolute atomic E-state index is 12.9. The highest BCUT2D eigenvalue weighted by atomic mass is 16.3. The third-order valence-electron chi connectivity index (χ3n) is 20.6. The Bertz CT molecular complexity index is 5240. The Balaban J connectivity index is 0.886. The van der Waals surface area contributed by atoms with E-state index in [0.717, 1.165) is 56.4 Å². The summed E-state index contributed by atoms with van der Waals surface area (Å²) in [5.74, 6) is -8.44. The van der Waals surface area contributed by atoms with E-state index in [-0.39, 0.29) is 73.8 Å². The van der Waals surface area contributed by atoms with Gasteiger partial charge >= 0.3 is 0 Å². The molecule has 514 valence electrons. The van der Waals surface area contributed by atoms with Gasteiger partial charge in [0.05, 0.1) is 39.4 Å². The minimum atomic E-state index is -1.08. The summed E-state index contributed by atoms with van der Waals surface area (Å²) < 4.78 is 0. The summed E-state index contributed by atoms with van der Waals surface area (Å²) in [7, 11) is 8.08. The number of aromatic hydroxyl groups is 12. The molecule has 12 aromatic carbocycles. The van der Waals surface area contributed by atoms with Gasteiger partial charge in [-0.2, -0.15) is 0 Å². The lowest BCUT2D eigenvalue weighted by atomic mass is 9.68. The van der Waals surface area contributed by atoms with Crippen LogP contribution in [0.5, 0.6) is 69.0 Å². The van der Waals surface area contributed by atoms with Crippen molar-refractivity contribution in [3.63, 3.8) is 0 Å². The molecule has 0 saturated carbocycles. The van der Waals surface area contributed by atoms with Crippen molar-refractivity contribution in [1.29, 1.82) is 0 Å². The van der Waals surface area contributed by atoms with Crippen molar-refractivity contribution in [2.75, 3.05) is 19.6 Å². The Morgan fingerprint density at radius 1 is 0.231 bits per heavy atom. The first kappa shape index (κ1) is 69.7. The van der Waals surface area contributed by atoms with Crippen molar-refractivity contribution < 1.29 is 61.3 Å². The molecule has 1 aliphatic rings. The lowest BCUT2D eigenvalue weighted by molar-refractivity contribution is 0.376. The normalized spacial score (nSPS) is 12.0. The Labute approximate surface area is 607 Å². The first-order chi connectivity index (χ1) is 49.8. The lowest BCUT2D eigenvalue weighted by Crippen LogP contribution is -2.38. The van der Waals surface area contributed by atoms with Gasteiger partial charge in [0.2, 0.25) is 0 Å². The summed E-state index contributed by atoms with van der Waals surface area (Å²) >= 11 is 0. The summed E-state index contributed by atoms with van der Waals surface area (Å²) in [5, 5.41) is 146. The number of allylic oxidation sites excluding steroid dienone is 4. The van der Waals surface area contributed by atoms with Gasteiger partial charge in [0.25, 0.3) is 0 Å². The number of para-hydroxylation sites is 4. The van der Waals surface area contributed by atoms with Crippen molar-refractivity contribution in [2.24, 2.45) is 0 Å². The van der Waals surface area contributed by atoms with Crippen LogP contribution in [-0.2, 0) is 0 Å². The van der Waals surface area contributed by atoms with E-state index in [2.05, 4.69) is 34.1 Å². The molecule has 0 atom stereocenters. The SMILES string of the molecule is Bc1c(O)c(C)c(N(C2=CC=C(c3ccc(N(c4ccccc4)c4ccccc4)cc3)CC2)c2c(C)c(O)c(-c3c(O)c(O)c(-c4c(B)c(B)c(N(c5ccc(-c6ccc(N(c7ccccc7)c7ccccc7)cc6)cc5)c5c(B)c(C)c(C)c(O)c5O)c(O)c4B)c(O)c3O)c(O)c2C)c(O)c1O. The van der Waals surface area contributed by atoms with Crippen LogP contribution < -0.4 is 46.9 Å². The van der Waals surface area contributed by atoms with Crippen LogP contribution in [0, 0.1) is 34.6 Å². The number of rotatable bonds is 16. The fraction of sp³-hybridized carbons (Fsp3) is 0.0843. The molecule has 16 nitrogen and oxygen atoms in total. The molecule has 0 spiro atoms. The predicted octanol–water partition coefficient (Wildman–Crippen LogP) is 11.3. The van der Waals surface area contributed by atoms with Crippen molar-refractivity contribution in [3.05, 3.63) is 245 Å². The van der Waals surface area contributed by atoms with Gasteiger partial charge in [0.1, 0.15) is 62.2 Å². The maximum atomic E-state index is 12.9. The van der Waals surface area contributed by atoms with Gasteiger partial charge in [0.15, 0.2) is 46.0 Å². The Kier molecular flexibility index (Phi) is 18.5. The number of anilines is 11. The standard InChI is InChI=1S/C83H75B5N4O12/c1-42-43(2)75(96)83(104)70(63(42)84)92(58-40-32-50(33-41-58)48-28-36-56(37-29-48)90(53-22-14-8-15-23-53)54-24-16-9-17-25-54)71-66(87)64(85)59(65(86)80(71)101)60-76(97)78(99)62(79(100)77(60)98)61-72(93)44(3)68(45(4)73(61)94)91(69-46(5)74(95)67(88)81(102)82(69)103)57-38-30-49(31-39-57)47-26-34-55(35-27-47)89(51-18-10-6-11-19-51)52-20-12-7-13-21-52/h6-30,32-38,40-41,93-104H,31,39,84-88H2,1-5H3. The quantitative estimate of drug-likeness (QED) is 0.0244. The first-order valence-corrected chi connectivity index (χ1v) is 34.1. The fourth-order valence-electron chi connectivity index (χ4n) is 14.6. The molecule has 12 aromatic rings. The third-order valence-corrected chi connectivity index (χ3v) is 20.6. The van der Waals surface area contributed by atoms with Gasteiger partial charge in [-0.25, -0.2) is 0 Å². The van der Waals surface area contributed by atoms with E-state index in [1.807, 2.05) is 189 Å². The number of hydrogen-bond acceptors (Lipinski definition) is 16. The minimum absolute atomic E-state index is 0.00651. The zero-order chi connectivity index (χ0) is 74.0.